The first kappa shape index (κ1) is 13.1. The van der Waals surface area contributed by atoms with Crippen LogP contribution in [0.4, 0.5) is 11.4 Å². The Bertz CT molecular complexity index is 743. The van der Waals surface area contributed by atoms with Crippen LogP contribution < -0.4 is 10.6 Å². The third kappa shape index (κ3) is 2.20. The predicted molar refractivity (Wildman–Crippen MR) is 77.4 cm³/mol. The van der Waals surface area contributed by atoms with Gasteiger partial charge in [0, 0.05) is 18.4 Å². The van der Waals surface area contributed by atoms with Gasteiger partial charge in [-0.3, -0.25) is 4.79 Å². The van der Waals surface area contributed by atoms with Gasteiger partial charge in [-0.25, -0.2) is 9.78 Å². The Morgan fingerprint density at radius 2 is 2.10 bits per heavy atom. The first-order chi connectivity index (χ1) is 10.1. The zero-order chi connectivity index (χ0) is 15.0. The van der Waals surface area contributed by atoms with Crippen molar-refractivity contribution in [3.8, 4) is 0 Å². The van der Waals surface area contributed by atoms with Crippen molar-refractivity contribution in [2.45, 2.75) is 6.42 Å². The van der Waals surface area contributed by atoms with E-state index in [0.29, 0.717) is 18.7 Å². The van der Waals surface area contributed by atoms with Crippen LogP contribution in [0.25, 0.3) is 0 Å². The van der Waals surface area contributed by atoms with Crippen LogP contribution in [-0.2, 0) is 6.42 Å². The van der Waals surface area contributed by atoms with Gasteiger partial charge in [0.15, 0.2) is 5.69 Å². The van der Waals surface area contributed by atoms with Gasteiger partial charge >= 0.3 is 5.97 Å². The lowest BCUT2D eigenvalue weighted by Crippen LogP contribution is -2.30. The minimum atomic E-state index is -0.975. The number of nitrogens with two attached hydrogens (primary N) is 1. The first-order valence-electron chi connectivity index (χ1n) is 6.46. The highest BCUT2D eigenvalue weighted by atomic mass is 16.4. The molecule has 0 fully saturated rings. The largest absolute Gasteiger partial charge is 0.478 e. The van der Waals surface area contributed by atoms with Crippen LogP contribution in [-0.4, -0.2) is 28.5 Å². The van der Waals surface area contributed by atoms with Gasteiger partial charge in [0.05, 0.1) is 11.3 Å². The second-order valence-electron chi connectivity index (χ2n) is 4.80. The molecule has 0 unspecified atom stereocenters. The topological polar surface area (TPSA) is 96.5 Å². The van der Waals surface area contributed by atoms with Gasteiger partial charge in [-0.1, -0.05) is 0 Å². The molecule has 1 aliphatic rings. The Morgan fingerprint density at radius 3 is 2.81 bits per heavy atom. The van der Waals surface area contributed by atoms with Crippen LogP contribution in [0, 0.1) is 0 Å². The fourth-order valence-electron chi connectivity index (χ4n) is 2.47. The number of nitrogens with zero attached hydrogens (tertiary/aromatic N) is 2. The average Bonchev–Trinajstić information content (AvgIpc) is 2.90. The number of aromatic carboxylic acids is 1. The van der Waals surface area contributed by atoms with Gasteiger partial charge in [0.25, 0.3) is 5.91 Å². The summed E-state index contributed by atoms with van der Waals surface area (Å²) in [7, 11) is 0. The molecule has 6 nitrogen and oxygen atoms in total. The number of hydrogen-bond donors (Lipinski definition) is 2. The Hall–Kier alpha value is -2.89. The van der Waals surface area contributed by atoms with Gasteiger partial charge in [-0.2, -0.15) is 0 Å². The summed E-state index contributed by atoms with van der Waals surface area (Å²) in [5, 5.41) is 9.00. The molecule has 1 amide bonds. The maximum atomic E-state index is 12.5. The molecule has 0 spiro atoms. The number of aromatic nitrogens is 1. The van der Waals surface area contributed by atoms with E-state index in [4.69, 9.17) is 10.8 Å². The van der Waals surface area contributed by atoms with E-state index >= 15 is 0 Å². The molecule has 106 valence electrons. The van der Waals surface area contributed by atoms with E-state index in [2.05, 4.69) is 4.98 Å². The highest BCUT2D eigenvalue weighted by Crippen LogP contribution is 2.30. The highest BCUT2D eigenvalue weighted by Gasteiger charge is 2.28. The SMILES string of the molecule is Nc1cccnc1C(=O)N1CCc2cc(C(=O)O)ccc21. The van der Waals surface area contributed by atoms with Crippen LogP contribution in [0.15, 0.2) is 36.5 Å². The minimum Gasteiger partial charge on any atom is -0.478 e. The second-order valence-corrected chi connectivity index (χ2v) is 4.80. The number of carboxylic acid groups (broad SMARTS) is 1. The van der Waals surface area contributed by atoms with Crippen molar-refractivity contribution >= 4 is 23.3 Å². The monoisotopic (exact) mass is 283 g/mol. The molecular weight excluding hydrogens is 270 g/mol. The number of hydrogen-bond acceptors (Lipinski definition) is 4. The molecule has 21 heavy (non-hydrogen) atoms. The van der Waals surface area contributed by atoms with E-state index in [-0.39, 0.29) is 17.2 Å². The van der Waals surface area contributed by atoms with E-state index in [1.54, 1.807) is 29.2 Å². The Morgan fingerprint density at radius 1 is 1.29 bits per heavy atom. The van der Waals surface area contributed by atoms with Crippen LogP contribution in [0.3, 0.4) is 0 Å². The standard InChI is InChI=1S/C15H13N3O3/c16-11-2-1-6-17-13(11)14(19)18-7-5-9-8-10(15(20)21)3-4-12(9)18/h1-4,6,8H,5,7,16H2,(H,20,21). The maximum absolute atomic E-state index is 12.5. The summed E-state index contributed by atoms with van der Waals surface area (Å²) in [5.74, 6) is -1.24. The smallest absolute Gasteiger partial charge is 0.335 e. The molecule has 6 heteroatoms. The van der Waals surface area contributed by atoms with Crippen molar-refractivity contribution in [1.82, 2.24) is 4.98 Å². The normalized spacial score (nSPS) is 13.0. The second kappa shape index (κ2) is 4.90. The lowest BCUT2D eigenvalue weighted by Gasteiger charge is -2.17. The van der Waals surface area contributed by atoms with Crippen molar-refractivity contribution in [2.24, 2.45) is 0 Å². The summed E-state index contributed by atoms with van der Waals surface area (Å²) >= 11 is 0. The number of pyridine rings is 1. The Balaban J connectivity index is 1.96. The van der Waals surface area contributed by atoms with Gasteiger partial charge in [0.1, 0.15) is 0 Å². The van der Waals surface area contributed by atoms with Crippen molar-refractivity contribution in [3.05, 3.63) is 53.3 Å². The van der Waals surface area contributed by atoms with Crippen molar-refractivity contribution in [1.29, 1.82) is 0 Å². The number of carbonyl (C=O) groups is 2. The fraction of sp³-hybridized carbons (Fsp3) is 0.133. The number of anilines is 2. The molecular formula is C15H13N3O3. The molecule has 0 saturated carbocycles. The third-order valence-corrected chi connectivity index (χ3v) is 3.51. The molecule has 3 rings (SSSR count). The quantitative estimate of drug-likeness (QED) is 0.872. The number of nitrogen functional groups attached to an aromatic ring is 1. The number of amides is 1. The van der Waals surface area contributed by atoms with Gasteiger partial charge in [0.2, 0.25) is 0 Å². The Labute approximate surface area is 120 Å². The number of carboxylic acids is 1. The van der Waals surface area contributed by atoms with E-state index in [0.717, 1.165) is 11.3 Å². The van der Waals surface area contributed by atoms with Crippen LogP contribution >= 0.6 is 0 Å². The van der Waals surface area contributed by atoms with E-state index in [1.165, 1.54) is 12.3 Å². The number of carbonyl (C=O) groups excluding carboxylic acids is 1. The van der Waals surface area contributed by atoms with Gasteiger partial charge < -0.3 is 15.7 Å². The van der Waals surface area contributed by atoms with Crippen molar-refractivity contribution in [3.63, 3.8) is 0 Å². The first-order valence-corrected chi connectivity index (χ1v) is 6.46. The average molecular weight is 283 g/mol. The molecule has 0 radical (unpaired) electrons. The van der Waals surface area contributed by atoms with Crippen molar-refractivity contribution < 1.29 is 14.7 Å². The lowest BCUT2D eigenvalue weighted by atomic mass is 10.1. The molecule has 2 aromatic rings. The summed E-state index contributed by atoms with van der Waals surface area (Å²) in [5.41, 5.74) is 8.12. The van der Waals surface area contributed by atoms with E-state index in [1.807, 2.05) is 0 Å². The summed E-state index contributed by atoms with van der Waals surface area (Å²) in [6.45, 7) is 0.493. The third-order valence-electron chi connectivity index (χ3n) is 3.51. The molecule has 0 aliphatic carbocycles. The van der Waals surface area contributed by atoms with Crippen LogP contribution in [0.1, 0.15) is 26.4 Å². The molecule has 1 aromatic carbocycles. The summed E-state index contributed by atoms with van der Waals surface area (Å²) < 4.78 is 0. The van der Waals surface area contributed by atoms with Gasteiger partial charge in [-0.05, 0) is 42.3 Å². The predicted octanol–water partition coefficient (Wildman–Crippen LogP) is 1.56. The summed E-state index contributed by atoms with van der Waals surface area (Å²) in [6, 6.07) is 8.05. The van der Waals surface area contributed by atoms with E-state index in [9.17, 15) is 9.59 Å². The number of benzene rings is 1. The Kier molecular flexibility index (Phi) is 3.06. The van der Waals surface area contributed by atoms with Crippen LogP contribution in [0.5, 0.6) is 0 Å². The fourth-order valence-corrected chi connectivity index (χ4v) is 2.47. The van der Waals surface area contributed by atoms with Gasteiger partial charge in [-0.15, -0.1) is 0 Å². The van der Waals surface area contributed by atoms with Crippen molar-refractivity contribution in [2.75, 3.05) is 17.2 Å². The number of fused-ring (bicyclic) bond motifs is 1. The summed E-state index contributed by atoms with van der Waals surface area (Å²) in [6.07, 6.45) is 2.14. The zero-order valence-corrected chi connectivity index (χ0v) is 11.1. The molecule has 3 N–H and O–H groups in total. The highest BCUT2D eigenvalue weighted by molar-refractivity contribution is 6.09. The number of rotatable bonds is 2. The lowest BCUT2D eigenvalue weighted by molar-refractivity contribution is 0.0696. The molecule has 0 atom stereocenters. The van der Waals surface area contributed by atoms with E-state index < -0.39 is 5.97 Å². The molecule has 1 aliphatic heterocycles. The molecule has 0 saturated heterocycles. The molecule has 0 bridgehead atoms. The summed E-state index contributed by atoms with van der Waals surface area (Å²) in [4.78, 5) is 29.1. The molecule has 2 heterocycles. The molecule has 1 aromatic heterocycles. The maximum Gasteiger partial charge on any atom is 0.335 e. The van der Waals surface area contributed by atoms with Crippen LogP contribution in [0.2, 0.25) is 0 Å². The zero-order valence-electron chi connectivity index (χ0n) is 11.1. The minimum absolute atomic E-state index is 0.215.